The van der Waals surface area contributed by atoms with Gasteiger partial charge >= 0.3 is 5.97 Å². The number of nitriles is 1. The number of amides is 1. The van der Waals surface area contributed by atoms with Crippen LogP contribution < -0.4 is 5.32 Å². The molecule has 0 aromatic heterocycles. The van der Waals surface area contributed by atoms with Gasteiger partial charge in [0.05, 0.1) is 19.1 Å². The summed E-state index contributed by atoms with van der Waals surface area (Å²) >= 11 is 0. The van der Waals surface area contributed by atoms with E-state index in [2.05, 4.69) is 5.32 Å². The SMILES string of the molecule is CCOC(=O)C1CCN(C(=O)/C(C#N)=C\NCCO)CC1. The van der Waals surface area contributed by atoms with Gasteiger partial charge in [-0.1, -0.05) is 0 Å². The van der Waals surface area contributed by atoms with Gasteiger partial charge in [0.15, 0.2) is 0 Å². The van der Waals surface area contributed by atoms with Gasteiger partial charge in [-0.2, -0.15) is 5.26 Å². The number of aliphatic hydroxyl groups is 1. The van der Waals surface area contributed by atoms with Crippen molar-refractivity contribution in [3.8, 4) is 6.07 Å². The zero-order chi connectivity index (χ0) is 15.7. The summed E-state index contributed by atoms with van der Waals surface area (Å²) in [5.41, 5.74) is -0.00182. The molecule has 7 nitrogen and oxygen atoms in total. The Bertz CT molecular complexity index is 434. The molecule has 0 saturated carbocycles. The molecular weight excluding hydrogens is 274 g/mol. The molecule has 0 radical (unpaired) electrons. The lowest BCUT2D eigenvalue weighted by Gasteiger charge is -2.30. The molecule has 0 aromatic carbocycles. The molecule has 1 fully saturated rings. The van der Waals surface area contributed by atoms with Crippen molar-refractivity contribution in [2.75, 3.05) is 32.8 Å². The maximum absolute atomic E-state index is 12.1. The van der Waals surface area contributed by atoms with E-state index in [9.17, 15) is 9.59 Å². The van der Waals surface area contributed by atoms with E-state index in [0.717, 1.165) is 0 Å². The van der Waals surface area contributed by atoms with Gasteiger partial charge in [-0.05, 0) is 19.8 Å². The van der Waals surface area contributed by atoms with Crippen LogP contribution in [0.5, 0.6) is 0 Å². The first-order valence-electron chi connectivity index (χ1n) is 7.04. The van der Waals surface area contributed by atoms with E-state index in [0.29, 0.717) is 32.5 Å². The predicted molar refractivity (Wildman–Crippen MR) is 74.7 cm³/mol. The van der Waals surface area contributed by atoms with Crippen molar-refractivity contribution in [3.63, 3.8) is 0 Å². The highest BCUT2D eigenvalue weighted by Gasteiger charge is 2.29. The standard InChI is InChI=1S/C14H21N3O4/c1-2-21-14(20)11-3-6-17(7-4-11)13(19)12(9-15)10-16-5-8-18/h10-11,16,18H,2-8H2,1H3/b12-10-. The van der Waals surface area contributed by atoms with Gasteiger partial charge in [-0.3, -0.25) is 9.59 Å². The number of hydrogen-bond donors (Lipinski definition) is 2. The van der Waals surface area contributed by atoms with E-state index >= 15 is 0 Å². The minimum atomic E-state index is -0.356. The van der Waals surface area contributed by atoms with E-state index in [1.54, 1.807) is 11.8 Å². The first-order chi connectivity index (χ1) is 10.1. The first-order valence-corrected chi connectivity index (χ1v) is 7.04. The molecule has 1 rings (SSSR count). The van der Waals surface area contributed by atoms with Crippen LogP contribution in [0, 0.1) is 17.2 Å². The summed E-state index contributed by atoms with van der Waals surface area (Å²) in [5, 5.41) is 20.3. The summed E-state index contributed by atoms with van der Waals surface area (Å²) < 4.78 is 4.97. The largest absolute Gasteiger partial charge is 0.466 e. The van der Waals surface area contributed by atoms with Crippen molar-refractivity contribution in [3.05, 3.63) is 11.8 Å². The maximum atomic E-state index is 12.1. The summed E-state index contributed by atoms with van der Waals surface area (Å²) in [4.78, 5) is 25.3. The highest BCUT2D eigenvalue weighted by molar-refractivity contribution is 5.97. The van der Waals surface area contributed by atoms with Gasteiger partial charge in [0.25, 0.3) is 5.91 Å². The van der Waals surface area contributed by atoms with Crippen molar-refractivity contribution >= 4 is 11.9 Å². The molecule has 116 valence electrons. The Morgan fingerprint density at radius 3 is 2.67 bits per heavy atom. The monoisotopic (exact) mass is 295 g/mol. The number of carbonyl (C=O) groups is 2. The quantitative estimate of drug-likeness (QED) is 0.304. The fourth-order valence-corrected chi connectivity index (χ4v) is 2.13. The van der Waals surface area contributed by atoms with Crippen molar-refractivity contribution < 1.29 is 19.4 Å². The molecule has 0 aromatic rings. The lowest BCUT2D eigenvalue weighted by molar-refractivity contribution is -0.150. The number of carbonyl (C=O) groups excluding carboxylic acids is 2. The molecule has 1 aliphatic rings. The lowest BCUT2D eigenvalue weighted by Crippen LogP contribution is -2.41. The van der Waals surface area contributed by atoms with Crippen LogP contribution in [-0.4, -0.2) is 54.7 Å². The summed E-state index contributed by atoms with van der Waals surface area (Å²) in [6.07, 6.45) is 2.41. The number of rotatable bonds is 6. The third-order valence-electron chi connectivity index (χ3n) is 3.26. The molecule has 2 N–H and O–H groups in total. The van der Waals surface area contributed by atoms with Crippen molar-refractivity contribution in [2.45, 2.75) is 19.8 Å². The number of piperidine rings is 1. The lowest BCUT2D eigenvalue weighted by atomic mass is 9.96. The van der Waals surface area contributed by atoms with Crippen LogP contribution in [-0.2, 0) is 14.3 Å². The Balaban J connectivity index is 2.52. The second-order valence-electron chi connectivity index (χ2n) is 4.67. The number of likely N-dealkylation sites (tertiary alicyclic amines) is 1. The third-order valence-corrected chi connectivity index (χ3v) is 3.26. The Morgan fingerprint density at radius 2 is 2.14 bits per heavy atom. The van der Waals surface area contributed by atoms with Crippen LogP contribution in [0.15, 0.2) is 11.8 Å². The molecule has 1 heterocycles. The number of esters is 1. The highest BCUT2D eigenvalue weighted by atomic mass is 16.5. The summed E-state index contributed by atoms with van der Waals surface area (Å²) in [6.45, 7) is 3.19. The van der Waals surface area contributed by atoms with Gasteiger partial charge in [0.2, 0.25) is 0 Å². The minimum absolute atomic E-state index is 0.00182. The van der Waals surface area contributed by atoms with Gasteiger partial charge in [0.1, 0.15) is 11.6 Å². The van der Waals surface area contributed by atoms with E-state index in [1.165, 1.54) is 6.20 Å². The molecule has 7 heteroatoms. The normalized spacial score (nSPS) is 16.2. The molecular formula is C14H21N3O4. The molecule has 1 amide bonds. The van der Waals surface area contributed by atoms with Crippen LogP contribution in [0.25, 0.3) is 0 Å². The molecule has 21 heavy (non-hydrogen) atoms. The first kappa shape index (κ1) is 17.0. The summed E-state index contributed by atoms with van der Waals surface area (Å²) in [7, 11) is 0. The molecule has 0 spiro atoms. The van der Waals surface area contributed by atoms with Crippen molar-refractivity contribution in [1.29, 1.82) is 5.26 Å². The van der Waals surface area contributed by atoms with Gasteiger partial charge in [-0.15, -0.1) is 0 Å². The molecule has 0 atom stereocenters. The minimum Gasteiger partial charge on any atom is -0.466 e. The van der Waals surface area contributed by atoms with Crippen LogP contribution in [0.4, 0.5) is 0 Å². The maximum Gasteiger partial charge on any atom is 0.309 e. The second-order valence-corrected chi connectivity index (χ2v) is 4.67. The van der Waals surface area contributed by atoms with Crippen molar-refractivity contribution in [1.82, 2.24) is 10.2 Å². The van der Waals surface area contributed by atoms with E-state index in [4.69, 9.17) is 15.1 Å². The van der Waals surface area contributed by atoms with Crippen LogP contribution in [0.1, 0.15) is 19.8 Å². The number of ether oxygens (including phenoxy) is 1. The number of hydrogen-bond acceptors (Lipinski definition) is 6. The smallest absolute Gasteiger partial charge is 0.309 e. The number of nitrogens with one attached hydrogen (secondary N) is 1. The third kappa shape index (κ3) is 5.08. The Labute approximate surface area is 124 Å². The summed E-state index contributed by atoms with van der Waals surface area (Å²) in [5.74, 6) is -0.744. The highest BCUT2D eigenvalue weighted by Crippen LogP contribution is 2.19. The second kappa shape index (κ2) is 8.97. The topological polar surface area (TPSA) is 103 Å². The predicted octanol–water partition coefficient (Wildman–Crippen LogP) is -0.223. The molecule has 1 saturated heterocycles. The Hall–Kier alpha value is -2.07. The average molecular weight is 295 g/mol. The summed E-state index contributed by atoms with van der Waals surface area (Å²) in [6, 6.07) is 1.85. The molecule has 0 bridgehead atoms. The van der Waals surface area contributed by atoms with Gasteiger partial charge in [-0.25, -0.2) is 0 Å². The van der Waals surface area contributed by atoms with Gasteiger partial charge < -0.3 is 20.1 Å². The fourth-order valence-electron chi connectivity index (χ4n) is 2.13. The molecule has 0 aliphatic carbocycles. The van der Waals surface area contributed by atoms with E-state index < -0.39 is 0 Å². The average Bonchev–Trinajstić information content (AvgIpc) is 2.51. The fraction of sp³-hybridized carbons (Fsp3) is 0.643. The zero-order valence-electron chi connectivity index (χ0n) is 12.2. The molecule has 0 unspecified atom stereocenters. The Morgan fingerprint density at radius 1 is 1.48 bits per heavy atom. The molecule has 1 aliphatic heterocycles. The van der Waals surface area contributed by atoms with Crippen LogP contribution in [0.3, 0.4) is 0 Å². The number of aliphatic hydroxyl groups excluding tert-OH is 1. The zero-order valence-corrected chi connectivity index (χ0v) is 12.2. The van der Waals surface area contributed by atoms with Gasteiger partial charge in [0, 0.05) is 25.8 Å². The van der Waals surface area contributed by atoms with Crippen LogP contribution in [0.2, 0.25) is 0 Å². The van der Waals surface area contributed by atoms with E-state index in [1.807, 2.05) is 6.07 Å². The van der Waals surface area contributed by atoms with Crippen LogP contribution >= 0.6 is 0 Å². The van der Waals surface area contributed by atoms with E-state index in [-0.39, 0.29) is 36.5 Å². The Kier molecular flexibility index (Phi) is 7.26. The van der Waals surface area contributed by atoms with Crippen molar-refractivity contribution in [2.24, 2.45) is 5.92 Å². The number of nitrogens with zero attached hydrogens (tertiary/aromatic N) is 2.